The Bertz CT molecular complexity index is 2090. The van der Waals surface area contributed by atoms with E-state index >= 15 is 0 Å². The van der Waals surface area contributed by atoms with Crippen LogP contribution in [0.2, 0.25) is 0 Å². The van der Waals surface area contributed by atoms with Crippen LogP contribution in [0.5, 0.6) is 0 Å². The summed E-state index contributed by atoms with van der Waals surface area (Å²) in [6.45, 7) is 12.0. The molecule has 0 saturated heterocycles. The molecule has 2 aliphatic rings. The number of fused-ring (bicyclic) bond motifs is 3. The summed E-state index contributed by atoms with van der Waals surface area (Å²) in [6.07, 6.45) is -16.2. The molecule has 0 amide bonds. The van der Waals surface area contributed by atoms with Gasteiger partial charge < -0.3 is 0 Å². The monoisotopic (exact) mass is 870 g/mol. The number of alkyl halides is 12. The topological polar surface area (TPSA) is 0 Å². The van der Waals surface area contributed by atoms with Crippen LogP contribution in [0.3, 0.4) is 0 Å². The average Bonchev–Trinajstić information content (AvgIpc) is 3.71. The van der Waals surface area contributed by atoms with Crippen LogP contribution in [0.4, 0.5) is 52.7 Å². The van der Waals surface area contributed by atoms with Crippen molar-refractivity contribution in [2.75, 3.05) is 0 Å². The van der Waals surface area contributed by atoms with E-state index in [1.807, 2.05) is 77.9 Å². The van der Waals surface area contributed by atoms with Crippen molar-refractivity contribution in [3.8, 4) is 11.1 Å². The van der Waals surface area contributed by atoms with Crippen LogP contribution < -0.4 is 0 Å². The maximum atomic E-state index is 14.4. The maximum absolute atomic E-state index is 14.4. The number of hydrogen-bond acceptors (Lipinski definition) is 0. The third-order valence-corrected chi connectivity index (χ3v) is 18.5. The third kappa shape index (κ3) is 8.30. The predicted octanol–water partition coefficient (Wildman–Crippen LogP) is 14.2. The molecular formula is C43H36F12Zr. The first-order valence-corrected chi connectivity index (χ1v) is 21.4. The molecular weight excluding hydrogens is 836 g/mol. The van der Waals surface area contributed by atoms with E-state index in [1.54, 1.807) is 18.2 Å². The Balaban J connectivity index is 1.86. The van der Waals surface area contributed by atoms with Crippen molar-refractivity contribution >= 4 is 3.21 Å². The van der Waals surface area contributed by atoms with Crippen LogP contribution in [-0.2, 0) is 56.8 Å². The molecule has 0 nitrogen and oxygen atoms in total. The zero-order valence-corrected chi connectivity index (χ0v) is 33.4. The molecule has 0 spiro atoms. The van der Waals surface area contributed by atoms with Crippen molar-refractivity contribution in [2.45, 2.75) is 87.1 Å². The minimum atomic E-state index is -5.34. The number of allylic oxidation sites excluding steroid dienone is 4. The SMILES string of the molecule is CC(C)(C)c1ccc2c(c1)-c1cc(C(C)(C)C)ccc1[CH]2[Zr]([C]1=CC=CC1)=[C](c1cc(C(F)(F)F)cc(C(F)(F)F)c1)c1cc(C(F)(F)F)cc(C(F)(F)F)c1. The van der Waals surface area contributed by atoms with E-state index in [4.69, 9.17) is 0 Å². The molecule has 0 aliphatic heterocycles. The van der Waals surface area contributed by atoms with Gasteiger partial charge >= 0.3 is 325 Å². The van der Waals surface area contributed by atoms with Crippen molar-refractivity contribution < 1.29 is 74.0 Å². The molecule has 4 aromatic rings. The zero-order chi connectivity index (χ0) is 41.6. The van der Waals surface area contributed by atoms with E-state index < -0.39 is 83.0 Å². The van der Waals surface area contributed by atoms with Crippen LogP contribution in [0.1, 0.15) is 107 Å². The summed E-state index contributed by atoms with van der Waals surface area (Å²) in [4.78, 5) is 0. The van der Waals surface area contributed by atoms with Crippen molar-refractivity contribution in [2.24, 2.45) is 0 Å². The van der Waals surface area contributed by atoms with Gasteiger partial charge in [-0.3, -0.25) is 0 Å². The van der Waals surface area contributed by atoms with Crippen molar-refractivity contribution in [3.63, 3.8) is 0 Å². The van der Waals surface area contributed by atoms with Gasteiger partial charge in [0.05, 0.1) is 0 Å². The van der Waals surface area contributed by atoms with E-state index in [0.717, 1.165) is 22.3 Å². The van der Waals surface area contributed by atoms with Crippen LogP contribution in [-0.4, -0.2) is 3.21 Å². The summed E-state index contributed by atoms with van der Waals surface area (Å²) < 4.78 is 173. The Hall–Kier alpha value is -3.73. The first-order valence-electron chi connectivity index (χ1n) is 17.5. The normalized spacial score (nSPS) is 15.2. The van der Waals surface area contributed by atoms with Gasteiger partial charge in [0, 0.05) is 0 Å². The molecule has 296 valence electrons. The Kier molecular flexibility index (Phi) is 10.5. The first-order chi connectivity index (χ1) is 25.5. The minimum absolute atomic E-state index is 0.101. The van der Waals surface area contributed by atoms with Crippen molar-refractivity contribution in [1.29, 1.82) is 0 Å². The fourth-order valence-electron chi connectivity index (χ4n) is 7.31. The Labute approximate surface area is 324 Å². The summed E-state index contributed by atoms with van der Waals surface area (Å²) in [6, 6.07) is 12.8. The van der Waals surface area contributed by atoms with E-state index in [0.29, 0.717) is 38.7 Å². The summed E-state index contributed by atoms with van der Waals surface area (Å²) in [5.74, 6) is 0. The zero-order valence-electron chi connectivity index (χ0n) is 31.0. The van der Waals surface area contributed by atoms with Gasteiger partial charge in [0.1, 0.15) is 0 Å². The van der Waals surface area contributed by atoms with Gasteiger partial charge in [0.15, 0.2) is 0 Å². The van der Waals surface area contributed by atoms with E-state index in [-0.39, 0.29) is 32.6 Å². The van der Waals surface area contributed by atoms with Gasteiger partial charge in [-0.15, -0.1) is 0 Å². The molecule has 0 bridgehead atoms. The molecule has 0 unspecified atom stereocenters. The predicted molar refractivity (Wildman–Crippen MR) is 189 cm³/mol. The Morgan fingerprint density at radius 2 is 0.839 bits per heavy atom. The second-order valence-electron chi connectivity index (χ2n) is 16.2. The summed E-state index contributed by atoms with van der Waals surface area (Å²) in [7, 11) is 0. The molecule has 13 heteroatoms. The fourth-order valence-corrected chi connectivity index (χ4v) is 16.2. The molecule has 0 fully saturated rings. The molecule has 0 heterocycles. The Morgan fingerprint density at radius 3 is 1.12 bits per heavy atom. The standard InChI is InChI=1S/C21H25.C17H6F12.C5H5.Zr/c1-20(2,3)16-9-7-14-11-15-8-10-17(21(4,5)6)13-19(15)18(14)12-16;18-14(19,20)10-2-8(3-11(6-10)15(21,22)23)1-9-4-12(16(24,25)26)7-13(5-9)17(27,28)29;1-2-4-5-3-1;/h7-13H,1-6H3;2-7H;1-3H,4H2;. The first kappa shape index (κ1) is 41.9. The van der Waals surface area contributed by atoms with Crippen molar-refractivity contribution in [1.82, 2.24) is 0 Å². The van der Waals surface area contributed by atoms with Gasteiger partial charge in [-0.25, -0.2) is 0 Å². The number of benzene rings is 4. The van der Waals surface area contributed by atoms with Crippen LogP contribution in [0.15, 0.2) is 94.3 Å². The number of halogens is 12. The number of hydrogen-bond donors (Lipinski definition) is 0. The molecule has 2 aliphatic carbocycles. The van der Waals surface area contributed by atoms with Crippen LogP contribution in [0.25, 0.3) is 11.1 Å². The van der Waals surface area contributed by atoms with Gasteiger partial charge in [0.25, 0.3) is 0 Å². The second-order valence-corrected chi connectivity index (χ2v) is 22.5. The molecule has 0 saturated carbocycles. The molecule has 0 N–H and O–H groups in total. The summed E-state index contributed by atoms with van der Waals surface area (Å²) >= 11 is -4.46. The van der Waals surface area contributed by atoms with Gasteiger partial charge in [-0.1, -0.05) is 0 Å². The van der Waals surface area contributed by atoms with Crippen LogP contribution in [0, 0.1) is 0 Å². The fraction of sp³-hybridized carbons (Fsp3) is 0.326. The van der Waals surface area contributed by atoms with E-state index in [2.05, 4.69) is 0 Å². The van der Waals surface area contributed by atoms with Crippen molar-refractivity contribution in [3.05, 3.63) is 150 Å². The quantitative estimate of drug-likeness (QED) is 0.179. The average molecular weight is 872 g/mol. The molecule has 0 atom stereocenters. The number of rotatable bonds is 4. The second kappa shape index (κ2) is 14.0. The molecule has 0 radical (unpaired) electrons. The molecule has 56 heavy (non-hydrogen) atoms. The van der Waals surface area contributed by atoms with E-state index in [1.165, 1.54) is 0 Å². The summed E-state index contributed by atoms with van der Waals surface area (Å²) in [5.41, 5.74) is -4.48. The van der Waals surface area contributed by atoms with Crippen LogP contribution >= 0.6 is 0 Å². The van der Waals surface area contributed by atoms with Gasteiger partial charge in [-0.2, -0.15) is 0 Å². The molecule has 0 aromatic heterocycles. The summed E-state index contributed by atoms with van der Waals surface area (Å²) in [5, 5.41) is 0. The van der Waals surface area contributed by atoms with Gasteiger partial charge in [-0.05, 0) is 0 Å². The molecule has 6 rings (SSSR count). The van der Waals surface area contributed by atoms with Gasteiger partial charge in [0.2, 0.25) is 0 Å². The van der Waals surface area contributed by atoms with E-state index in [9.17, 15) is 52.7 Å². The third-order valence-electron chi connectivity index (χ3n) is 10.2. The Morgan fingerprint density at radius 1 is 0.482 bits per heavy atom. The molecule has 4 aromatic carbocycles.